The Bertz CT molecular complexity index is 1100. The molecule has 1 aliphatic heterocycles. The van der Waals surface area contributed by atoms with Crippen molar-refractivity contribution in [3.8, 4) is 0 Å². The summed E-state index contributed by atoms with van der Waals surface area (Å²) in [5.74, 6) is 0. The Hall–Kier alpha value is -3.22. The first kappa shape index (κ1) is 26.4. The molecule has 1 fully saturated rings. The topological polar surface area (TPSA) is 137 Å². The van der Waals surface area contributed by atoms with Gasteiger partial charge in [-0.3, -0.25) is 14.4 Å². The number of nitro groups is 1. The summed E-state index contributed by atoms with van der Waals surface area (Å²) in [5.41, 5.74) is 1.55. The molecule has 0 aromatic heterocycles. The maximum atomic E-state index is 12.5. The molecule has 0 saturated carbocycles. The molecule has 1 heterocycles. The Balaban J connectivity index is 1.57. The van der Waals surface area contributed by atoms with Crippen LogP contribution in [0.2, 0.25) is 0 Å². The van der Waals surface area contributed by atoms with Gasteiger partial charge in [0.25, 0.3) is 5.69 Å². The zero-order valence-electron chi connectivity index (χ0n) is 19.4. The van der Waals surface area contributed by atoms with E-state index in [0.717, 1.165) is 25.5 Å². The highest BCUT2D eigenvalue weighted by molar-refractivity contribution is 7.92. The number of ether oxygens (including phenoxy) is 3. The van der Waals surface area contributed by atoms with Gasteiger partial charge >= 0.3 is 6.09 Å². The number of carbonyl (C=O) groups is 1. The van der Waals surface area contributed by atoms with Crippen LogP contribution in [0.5, 0.6) is 0 Å². The number of non-ortho nitro benzene ring substituents is 1. The number of hydrogen-bond acceptors (Lipinski definition) is 8. The second-order valence-electron chi connectivity index (χ2n) is 7.98. The standard InChI is InChI=1S/C23H29N3O8S/c1-35(30,31)25(13-15-33-22-8-4-5-14-32-22)21-7-3-2-6-19(21)16-24-23(27)34-17-18-9-11-20(12-10-18)26(28)29/h2-3,6-7,9-12,22H,4-5,8,13-17H2,1H3,(H,24,27). The van der Waals surface area contributed by atoms with Crippen molar-refractivity contribution in [2.75, 3.05) is 30.3 Å². The van der Waals surface area contributed by atoms with Gasteiger partial charge in [-0.15, -0.1) is 0 Å². The van der Waals surface area contributed by atoms with Crippen LogP contribution in [0.4, 0.5) is 16.2 Å². The van der Waals surface area contributed by atoms with Gasteiger partial charge in [0.1, 0.15) is 6.61 Å². The number of sulfonamides is 1. The van der Waals surface area contributed by atoms with Crippen molar-refractivity contribution in [3.63, 3.8) is 0 Å². The van der Waals surface area contributed by atoms with Crippen molar-refractivity contribution in [2.24, 2.45) is 0 Å². The van der Waals surface area contributed by atoms with E-state index in [1.165, 1.54) is 28.6 Å². The van der Waals surface area contributed by atoms with Gasteiger partial charge in [-0.1, -0.05) is 18.2 Å². The maximum absolute atomic E-state index is 12.5. The largest absolute Gasteiger partial charge is 0.445 e. The number of hydrogen-bond donors (Lipinski definition) is 1. The van der Waals surface area contributed by atoms with E-state index in [-0.39, 0.29) is 38.3 Å². The molecule has 1 unspecified atom stereocenters. The maximum Gasteiger partial charge on any atom is 0.407 e. The fraction of sp³-hybridized carbons (Fsp3) is 0.435. The second-order valence-corrected chi connectivity index (χ2v) is 9.89. The highest BCUT2D eigenvalue weighted by atomic mass is 32.2. The third-order valence-electron chi connectivity index (χ3n) is 5.34. The van der Waals surface area contributed by atoms with Crippen LogP contribution in [0.25, 0.3) is 0 Å². The predicted octanol–water partition coefficient (Wildman–Crippen LogP) is 3.33. The minimum atomic E-state index is -3.62. The Morgan fingerprint density at radius 1 is 1.20 bits per heavy atom. The molecule has 2 aromatic carbocycles. The highest BCUT2D eigenvalue weighted by Gasteiger charge is 2.22. The smallest absolute Gasteiger partial charge is 0.407 e. The minimum Gasteiger partial charge on any atom is -0.445 e. The summed E-state index contributed by atoms with van der Waals surface area (Å²) in [6.07, 6.45) is 2.87. The van der Waals surface area contributed by atoms with Crippen LogP contribution in [0.15, 0.2) is 48.5 Å². The van der Waals surface area contributed by atoms with E-state index in [4.69, 9.17) is 14.2 Å². The fourth-order valence-electron chi connectivity index (χ4n) is 3.56. The van der Waals surface area contributed by atoms with Crippen LogP contribution >= 0.6 is 0 Å². The van der Waals surface area contributed by atoms with Crippen LogP contribution in [-0.2, 0) is 37.4 Å². The molecule has 0 spiro atoms. The van der Waals surface area contributed by atoms with Crippen LogP contribution < -0.4 is 9.62 Å². The lowest BCUT2D eigenvalue weighted by molar-refractivity contribution is -0.384. The number of para-hydroxylation sites is 1. The Morgan fingerprint density at radius 3 is 2.60 bits per heavy atom. The van der Waals surface area contributed by atoms with E-state index in [0.29, 0.717) is 23.4 Å². The van der Waals surface area contributed by atoms with Crippen molar-refractivity contribution in [3.05, 3.63) is 69.8 Å². The number of rotatable bonds is 11. The van der Waals surface area contributed by atoms with Crippen LogP contribution in [-0.4, -0.2) is 51.7 Å². The summed E-state index contributed by atoms with van der Waals surface area (Å²) in [6, 6.07) is 12.5. The first-order valence-electron chi connectivity index (χ1n) is 11.2. The molecule has 3 rings (SSSR count). The van der Waals surface area contributed by atoms with Gasteiger partial charge in [-0.25, -0.2) is 13.2 Å². The predicted molar refractivity (Wildman–Crippen MR) is 128 cm³/mol. The molecule has 11 nitrogen and oxygen atoms in total. The van der Waals surface area contributed by atoms with E-state index in [9.17, 15) is 23.3 Å². The molecular weight excluding hydrogens is 478 g/mol. The Morgan fingerprint density at radius 2 is 1.94 bits per heavy atom. The number of nitrogens with one attached hydrogen (secondary N) is 1. The van der Waals surface area contributed by atoms with Crippen molar-refractivity contribution in [1.29, 1.82) is 0 Å². The number of nitrogens with zero attached hydrogens (tertiary/aromatic N) is 2. The van der Waals surface area contributed by atoms with Gasteiger partial charge < -0.3 is 19.5 Å². The van der Waals surface area contributed by atoms with Gasteiger partial charge in [0.15, 0.2) is 6.29 Å². The Labute approximate surface area is 204 Å². The quantitative estimate of drug-likeness (QED) is 0.361. The van der Waals surface area contributed by atoms with E-state index >= 15 is 0 Å². The van der Waals surface area contributed by atoms with Crippen LogP contribution in [0, 0.1) is 10.1 Å². The van der Waals surface area contributed by atoms with E-state index in [2.05, 4.69) is 5.32 Å². The molecule has 190 valence electrons. The monoisotopic (exact) mass is 507 g/mol. The zero-order valence-corrected chi connectivity index (χ0v) is 20.2. The fourth-order valence-corrected chi connectivity index (χ4v) is 4.50. The molecule has 0 bridgehead atoms. The number of nitro benzene ring substituents is 1. The lowest BCUT2D eigenvalue weighted by Crippen LogP contribution is -2.36. The molecule has 12 heteroatoms. The average Bonchev–Trinajstić information content (AvgIpc) is 2.84. The van der Waals surface area contributed by atoms with Crippen LogP contribution in [0.3, 0.4) is 0 Å². The number of carbonyl (C=O) groups excluding carboxylic acids is 1. The van der Waals surface area contributed by atoms with E-state index in [1.807, 2.05) is 0 Å². The summed E-state index contributed by atoms with van der Waals surface area (Å²) >= 11 is 0. The van der Waals surface area contributed by atoms with Gasteiger partial charge in [0, 0.05) is 25.3 Å². The normalized spacial score (nSPS) is 15.9. The molecular formula is C23H29N3O8S. The number of amides is 1. The minimum absolute atomic E-state index is 0.0356. The average molecular weight is 508 g/mol. The van der Waals surface area contributed by atoms with Gasteiger partial charge in [-0.05, 0) is 48.6 Å². The third kappa shape index (κ3) is 8.19. The first-order chi connectivity index (χ1) is 16.7. The molecule has 1 N–H and O–H groups in total. The number of alkyl carbamates (subject to hydrolysis) is 1. The van der Waals surface area contributed by atoms with E-state index in [1.54, 1.807) is 24.3 Å². The lowest BCUT2D eigenvalue weighted by atomic mass is 10.1. The summed E-state index contributed by atoms with van der Waals surface area (Å²) in [4.78, 5) is 22.4. The summed E-state index contributed by atoms with van der Waals surface area (Å²) < 4.78 is 42.7. The first-order valence-corrected chi connectivity index (χ1v) is 13.0. The molecule has 2 aromatic rings. The number of anilines is 1. The summed E-state index contributed by atoms with van der Waals surface area (Å²) in [6.45, 7) is 0.863. The van der Waals surface area contributed by atoms with Crippen molar-refractivity contribution >= 4 is 27.5 Å². The molecule has 1 amide bonds. The summed E-state index contributed by atoms with van der Waals surface area (Å²) in [5, 5.41) is 13.3. The molecule has 1 saturated heterocycles. The molecule has 1 aliphatic rings. The molecule has 0 aliphatic carbocycles. The van der Waals surface area contributed by atoms with E-state index < -0.39 is 21.0 Å². The van der Waals surface area contributed by atoms with Crippen molar-refractivity contribution < 1.29 is 32.3 Å². The van der Waals surface area contributed by atoms with Gasteiger partial charge in [0.2, 0.25) is 10.0 Å². The van der Waals surface area contributed by atoms with Crippen molar-refractivity contribution in [2.45, 2.75) is 38.7 Å². The Kier molecular flexibility index (Phi) is 9.40. The van der Waals surface area contributed by atoms with Gasteiger partial charge in [-0.2, -0.15) is 0 Å². The number of benzene rings is 2. The SMILES string of the molecule is CS(=O)(=O)N(CCOC1CCCCO1)c1ccccc1CNC(=O)OCc1ccc([N+](=O)[O-])cc1. The third-order valence-corrected chi connectivity index (χ3v) is 6.52. The molecule has 35 heavy (non-hydrogen) atoms. The highest BCUT2D eigenvalue weighted by Crippen LogP contribution is 2.23. The van der Waals surface area contributed by atoms with Crippen molar-refractivity contribution in [1.82, 2.24) is 5.32 Å². The molecule has 1 atom stereocenters. The van der Waals surface area contributed by atoms with Crippen LogP contribution in [0.1, 0.15) is 30.4 Å². The summed E-state index contributed by atoms with van der Waals surface area (Å²) in [7, 11) is -3.62. The second kappa shape index (κ2) is 12.5. The lowest BCUT2D eigenvalue weighted by Gasteiger charge is -2.27. The zero-order chi connectivity index (χ0) is 25.3. The molecule has 0 radical (unpaired) electrons. The van der Waals surface area contributed by atoms with Gasteiger partial charge in [0.05, 0.1) is 30.0 Å².